The molecular formula is C18H10N2O4. The number of para-hydroxylation sites is 2. The molecule has 6 heteroatoms. The van der Waals surface area contributed by atoms with E-state index in [4.69, 9.17) is 0 Å². The summed E-state index contributed by atoms with van der Waals surface area (Å²) in [4.78, 5) is 50.9. The van der Waals surface area contributed by atoms with Crippen LogP contribution in [0, 0.1) is 0 Å². The third kappa shape index (κ3) is 1.65. The highest BCUT2D eigenvalue weighted by Gasteiger charge is 2.42. The van der Waals surface area contributed by atoms with Crippen molar-refractivity contribution in [3.8, 4) is 0 Å². The van der Waals surface area contributed by atoms with E-state index in [-0.39, 0.29) is 22.5 Å². The van der Waals surface area contributed by atoms with Gasteiger partial charge in [-0.2, -0.15) is 0 Å². The van der Waals surface area contributed by atoms with Gasteiger partial charge in [-0.05, 0) is 12.1 Å². The molecule has 1 heterocycles. The largest absolute Gasteiger partial charge is 0.288 e. The number of Topliss-reactive ketones (excluding diaryl/α,β-unsaturated/α-hetero) is 2. The summed E-state index contributed by atoms with van der Waals surface area (Å²) in [5.74, 6) is -0.999. The Morgan fingerprint density at radius 2 is 1.08 bits per heavy atom. The Morgan fingerprint density at radius 3 is 1.50 bits per heavy atom. The van der Waals surface area contributed by atoms with E-state index in [0.29, 0.717) is 24.2 Å². The lowest BCUT2D eigenvalue weighted by Gasteiger charge is -2.17. The Morgan fingerprint density at radius 1 is 0.667 bits per heavy atom. The van der Waals surface area contributed by atoms with Crippen molar-refractivity contribution in [2.75, 3.05) is 9.80 Å². The van der Waals surface area contributed by atoms with E-state index in [1.165, 1.54) is 0 Å². The minimum atomic E-state index is -0.489. The second-order valence-corrected chi connectivity index (χ2v) is 5.34. The molecule has 4 rings (SSSR count). The Bertz CT molecular complexity index is 887. The van der Waals surface area contributed by atoms with Gasteiger partial charge >= 0.3 is 0 Å². The van der Waals surface area contributed by atoms with Crippen LogP contribution in [0.1, 0.15) is 20.7 Å². The van der Waals surface area contributed by atoms with E-state index in [9.17, 15) is 19.2 Å². The van der Waals surface area contributed by atoms with Crippen molar-refractivity contribution in [2.24, 2.45) is 0 Å². The molecular weight excluding hydrogens is 308 g/mol. The summed E-state index contributed by atoms with van der Waals surface area (Å²) in [5.41, 5.74) is 1.26. The number of rotatable bonds is 2. The zero-order chi connectivity index (χ0) is 16.8. The first kappa shape index (κ1) is 14.1. The number of benzene rings is 2. The van der Waals surface area contributed by atoms with Crippen LogP contribution in [0.5, 0.6) is 0 Å². The van der Waals surface area contributed by atoms with Crippen LogP contribution in [0.3, 0.4) is 0 Å². The molecule has 2 aliphatic rings. The van der Waals surface area contributed by atoms with E-state index in [2.05, 4.69) is 0 Å². The number of carbonyl (C=O) groups is 4. The molecule has 1 aliphatic heterocycles. The van der Waals surface area contributed by atoms with Crippen molar-refractivity contribution >= 4 is 35.8 Å². The van der Waals surface area contributed by atoms with Gasteiger partial charge in [0.25, 0.3) is 0 Å². The van der Waals surface area contributed by atoms with Gasteiger partial charge in [0.15, 0.2) is 0 Å². The van der Waals surface area contributed by atoms with Crippen LogP contribution in [0.4, 0.5) is 11.4 Å². The number of hydrogen-bond donors (Lipinski definition) is 0. The summed E-state index contributed by atoms with van der Waals surface area (Å²) in [6, 6.07) is 13.1. The van der Waals surface area contributed by atoms with Gasteiger partial charge in [0.2, 0.25) is 24.4 Å². The topological polar surface area (TPSA) is 74.8 Å². The van der Waals surface area contributed by atoms with Crippen LogP contribution >= 0.6 is 0 Å². The molecule has 0 atom stereocenters. The Labute approximate surface area is 136 Å². The number of carbonyl (C=O) groups excluding carboxylic acids is 4. The normalized spacial score (nSPS) is 15.7. The average molecular weight is 318 g/mol. The Kier molecular flexibility index (Phi) is 2.93. The van der Waals surface area contributed by atoms with E-state index in [1.807, 2.05) is 0 Å². The van der Waals surface area contributed by atoms with Crippen molar-refractivity contribution in [2.45, 2.75) is 0 Å². The van der Waals surface area contributed by atoms with Crippen LogP contribution in [0.25, 0.3) is 0 Å². The molecule has 2 amide bonds. The highest BCUT2D eigenvalue weighted by Crippen LogP contribution is 2.43. The van der Waals surface area contributed by atoms with Crippen molar-refractivity contribution in [3.05, 3.63) is 71.1 Å². The molecule has 0 radical (unpaired) electrons. The molecule has 0 saturated carbocycles. The lowest BCUT2D eigenvalue weighted by molar-refractivity contribution is -0.107. The smallest absolute Gasteiger partial charge is 0.219 e. The van der Waals surface area contributed by atoms with Crippen LogP contribution in [0.15, 0.2) is 59.9 Å². The van der Waals surface area contributed by atoms with E-state index in [0.717, 1.165) is 9.80 Å². The standard InChI is InChI=1S/C18H10N2O4/c21-9-19-13-7-3-4-8-14(13)20(10-22)18(19)15-16(23)11-5-1-2-6-12(11)17(15)24/h1-10H. The summed E-state index contributed by atoms with van der Waals surface area (Å²) < 4.78 is 0. The number of anilines is 2. The molecule has 0 fully saturated rings. The fourth-order valence-corrected chi connectivity index (χ4v) is 3.12. The summed E-state index contributed by atoms with van der Waals surface area (Å²) >= 11 is 0. The lowest BCUT2D eigenvalue weighted by atomic mass is 10.1. The van der Waals surface area contributed by atoms with Crippen molar-refractivity contribution in [3.63, 3.8) is 0 Å². The summed E-state index contributed by atoms with van der Waals surface area (Å²) in [6.45, 7) is 0. The van der Waals surface area contributed by atoms with Gasteiger partial charge in [-0.25, -0.2) is 0 Å². The third-order valence-corrected chi connectivity index (χ3v) is 4.16. The van der Waals surface area contributed by atoms with Crippen LogP contribution in [0.2, 0.25) is 0 Å². The highest BCUT2D eigenvalue weighted by atomic mass is 16.2. The molecule has 0 aromatic heterocycles. The number of ketones is 2. The summed E-state index contributed by atoms with van der Waals surface area (Å²) in [7, 11) is 0. The third-order valence-electron chi connectivity index (χ3n) is 4.16. The van der Waals surface area contributed by atoms with Gasteiger partial charge in [-0.15, -0.1) is 0 Å². The lowest BCUT2D eigenvalue weighted by Crippen LogP contribution is -2.30. The first-order valence-corrected chi connectivity index (χ1v) is 7.20. The Hall–Kier alpha value is -3.54. The van der Waals surface area contributed by atoms with Gasteiger partial charge in [0, 0.05) is 11.1 Å². The van der Waals surface area contributed by atoms with Crippen molar-refractivity contribution in [1.82, 2.24) is 0 Å². The SMILES string of the molecule is O=CN1C(=C2C(=O)c3ccccc3C2=O)N(C=O)c2ccccc21. The van der Waals surface area contributed by atoms with Crippen molar-refractivity contribution < 1.29 is 19.2 Å². The van der Waals surface area contributed by atoms with Gasteiger partial charge < -0.3 is 0 Å². The molecule has 0 saturated heterocycles. The fourth-order valence-electron chi connectivity index (χ4n) is 3.12. The zero-order valence-electron chi connectivity index (χ0n) is 12.3. The highest BCUT2D eigenvalue weighted by molar-refractivity contribution is 6.40. The fraction of sp³-hybridized carbons (Fsp3) is 0. The van der Waals surface area contributed by atoms with E-state index < -0.39 is 11.6 Å². The number of hydrogen-bond acceptors (Lipinski definition) is 4. The molecule has 0 N–H and O–H groups in total. The second kappa shape index (κ2) is 4.99. The number of nitrogens with zero attached hydrogens (tertiary/aromatic N) is 2. The minimum Gasteiger partial charge on any atom is -0.288 e. The maximum atomic E-state index is 12.7. The number of fused-ring (bicyclic) bond motifs is 2. The molecule has 0 spiro atoms. The first-order valence-electron chi connectivity index (χ1n) is 7.20. The maximum absolute atomic E-state index is 12.7. The Balaban J connectivity index is 2.01. The maximum Gasteiger partial charge on any atom is 0.219 e. The predicted octanol–water partition coefficient (Wildman–Crippen LogP) is 1.92. The molecule has 1 aliphatic carbocycles. The van der Waals surface area contributed by atoms with Crippen LogP contribution in [-0.2, 0) is 9.59 Å². The first-order chi connectivity index (χ1) is 11.7. The van der Waals surface area contributed by atoms with Crippen molar-refractivity contribution in [1.29, 1.82) is 0 Å². The molecule has 2 aromatic rings. The van der Waals surface area contributed by atoms with Crippen LogP contribution < -0.4 is 9.80 Å². The monoisotopic (exact) mass is 318 g/mol. The quantitative estimate of drug-likeness (QED) is 0.482. The van der Waals surface area contributed by atoms with Gasteiger partial charge in [-0.3, -0.25) is 29.0 Å². The average Bonchev–Trinajstić information content (AvgIpc) is 3.07. The van der Waals surface area contributed by atoms with Crippen LogP contribution in [-0.4, -0.2) is 24.4 Å². The van der Waals surface area contributed by atoms with Gasteiger partial charge in [0.1, 0.15) is 11.4 Å². The number of allylic oxidation sites excluding steroid dienone is 1. The molecule has 0 bridgehead atoms. The minimum absolute atomic E-state index is 0.0209. The zero-order valence-corrected chi connectivity index (χ0v) is 12.3. The number of amides is 2. The van der Waals surface area contributed by atoms with E-state index in [1.54, 1.807) is 48.5 Å². The molecule has 0 unspecified atom stereocenters. The predicted molar refractivity (Wildman–Crippen MR) is 85.7 cm³/mol. The molecule has 24 heavy (non-hydrogen) atoms. The molecule has 2 aromatic carbocycles. The summed E-state index contributed by atoms with van der Waals surface area (Å²) in [5, 5.41) is 0. The molecule has 116 valence electrons. The van der Waals surface area contributed by atoms with Gasteiger partial charge in [0.05, 0.1) is 11.4 Å². The summed E-state index contributed by atoms with van der Waals surface area (Å²) in [6.07, 6.45) is 0.989. The second-order valence-electron chi connectivity index (χ2n) is 5.34. The molecule has 6 nitrogen and oxygen atoms in total. The van der Waals surface area contributed by atoms with Gasteiger partial charge in [-0.1, -0.05) is 36.4 Å². The van der Waals surface area contributed by atoms with E-state index >= 15 is 0 Å².